The van der Waals surface area contributed by atoms with Crippen molar-refractivity contribution < 1.29 is 13.5 Å². The Hall–Kier alpha value is -2.09. The summed E-state index contributed by atoms with van der Waals surface area (Å²) in [5.41, 5.74) is 0.596. The van der Waals surface area contributed by atoms with E-state index in [1.54, 1.807) is 24.5 Å². The van der Waals surface area contributed by atoms with E-state index in [0.29, 0.717) is 18.1 Å². The molecule has 0 aliphatic heterocycles. The van der Waals surface area contributed by atoms with Crippen molar-refractivity contribution in [1.82, 2.24) is 14.5 Å². The number of nitrogens with one attached hydrogen (secondary N) is 1. The normalized spacial score (nSPS) is 11.6. The zero-order chi connectivity index (χ0) is 15.6. The highest BCUT2D eigenvalue weighted by Gasteiger charge is 2.21. The third kappa shape index (κ3) is 3.33. The summed E-state index contributed by atoms with van der Waals surface area (Å²) in [6, 6.07) is 2.98. The molecule has 2 N–H and O–H groups in total. The van der Waals surface area contributed by atoms with Gasteiger partial charge in [-0.3, -0.25) is 4.72 Å². The predicted molar refractivity (Wildman–Crippen MR) is 78.7 cm³/mol. The zero-order valence-corrected chi connectivity index (χ0v) is 13.0. The number of hydrogen-bond acceptors (Lipinski definition) is 5. The molecule has 0 bridgehead atoms. The van der Waals surface area contributed by atoms with Gasteiger partial charge in [-0.15, -0.1) is 0 Å². The van der Waals surface area contributed by atoms with Gasteiger partial charge in [0.2, 0.25) is 0 Å². The van der Waals surface area contributed by atoms with E-state index >= 15 is 0 Å². The minimum Gasteiger partial charge on any atom is -0.504 e. The van der Waals surface area contributed by atoms with E-state index in [0.717, 1.165) is 6.42 Å². The van der Waals surface area contributed by atoms with Crippen molar-refractivity contribution in [2.45, 2.75) is 38.8 Å². The van der Waals surface area contributed by atoms with Gasteiger partial charge in [0.1, 0.15) is 5.82 Å². The molecule has 0 saturated heterocycles. The number of hydrogen-bond donors (Lipinski definition) is 2. The fourth-order valence-corrected chi connectivity index (χ4v) is 2.91. The van der Waals surface area contributed by atoms with Gasteiger partial charge in [-0.1, -0.05) is 6.92 Å². The van der Waals surface area contributed by atoms with E-state index < -0.39 is 10.0 Å². The lowest BCUT2D eigenvalue weighted by molar-refractivity contribution is 0.475. The second-order valence-corrected chi connectivity index (χ2v) is 6.37. The molecular formula is C13H18N4O3S. The summed E-state index contributed by atoms with van der Waals surface area (Å²) in [6.45, 7) is 6.15. The minimum absolute atomic E-state index is 0.0869. The molecule has 0 fully saturated rings. The second-order valence-electron chi connectivity index (χ2n) is 4.75. The smallest absolute Gasteiger partial charge is 0.282 e. The third-order valence-corrected chi connectivity index (χ3v) is 4.15. The fraction of sp³-hybridized carbons (Fsp3) is 0.385. The molecule has 0 radical (unpaired) electrons. The Labute approximate surface area is 123 Å². The first-order valence-electron chi connectivity index (χ1n) is 6.56. The Morgan fingerprint density at radius 2 is 2.00 bits per heavy atom. The lowest BCUT2D eigenvalue weighted by Gasteiger charge is -2.07. The molecule has 7 nitrogen and oxygen atoms in total. The highest BCUT2D eigenvalue weighted by molar-refractivity contribution is 7.92. The maximum absolute atomic E-state index is 12.3. The molecule has 0 atom stereocenters. The van der Waals surface area contributed by atoms with Crippen LogP contribution in [-0.4, -0.2) is 28.1 Å². The van der Waals surface area contributed by atoms with Crippen molar-refractivity contribution in [3.05, 3.63) is 29.8 Å². The number of aromatic nitrogens is 3. The van der Waals surface area contributed by atoms with Gasteiger partial charge in [-0.05, 0) is 32.4 Å². The summed E-state index contributed by atoms with van der Waals surface area (Å²) in [5, 5.41) is 9.59. The van der Waals surface area contributed by atoms with Gasteiger partial charge in [0.15, 0.2) is 16.6 Å². The molecular weight excluding hydrogens is 292 g/mol. The van der Waals surface area contributed by atoms with Crippen molar-refractivity contribution in [1.29, 1.82) is 0 Å². The van der Waals surface area contributed by atoms with Crippen molar-refractivity contribution in [2.75, 3.05) is 4.72 Å². The summed E-state index contributed by atoms with van der Waals surface area (Å²) in [7, 11) is -3.88. The number of imidazole rings is 1. The summed E-state index contributed by atoms with van der Waals surface area (Å²) < 4.78 is 28.6. The van der Waals surface area contributed by atoms with Crippen LogP contribution in [0.15, 0.2) is 23.4 Å². The summed E-state index contributed by atoms with van der Waals surface area (Å²) >= 11 is 0. The van der Waals surface area contributed by atoms with E-state index in [4.69, 9.17) is 0 Å². The van der Waals surface area contributed by atoms with Crippen molar-refractivity contribution in [2.24, 2.45) is 0 Å². The van der Waals surface area contributed by atoms with E-state index in [-0.39, 0.29) is 16.6 Å². The molecule has 0 aromatic carbocycles. The standard InChI is InChI=1S/C13H18N4O3S/c1-4-7-17-8-12(15-10(17)3)21(19,20)16-13-11(18)6-5-9(2)14-13/h5-6,8,18H,4,7H2,1-3H3,(H,14,16). The summed E-state index contributed by atoms with van der Waals surface area (Å²) in [4.78, 5) is 8.03. The second kappa shape index (κ2) is 5.72. The molecule has 2 aromatic rings. The Bertz CT molecular complexity index is 753. The van der Waals surface area contributed by atoms with Crippen LogP contribution in [0.5, 0.6) is 5.75 Å². The van der Waals surface area contributed by atoms with Crippen LogP contribution in [0.2, 0.25) is 0 Å². The number of aryl methyl sites for hydroxylation is 3. The highest BCUT2D eigenvalue weighted by Crippen LogP contribution is 2.23. The highest BCUT2D eigenvalue weighted by atomic mass is 32.2. The molecule has 2 heterocycles. The van der Waals surface area contributed by atoms with E-state index in [9.17, 15) is 13.5 Å². The van der Waals surface area contributed by atoms with Crippen LogP contribution in [0, 0.1) is 13.8 Å². The summed E-state index contributed by atoms with van der Waals surface area (Å²) in [6.07, 6.45) is 2.36. The van der Waals surface area contributed by atoms with Gasteiger partial charge in [0, 0.05) is 18.4 Å². The Morgan fingerprint density at radius 1 is 1.29 bits per heavy atom. The maximum Gasteiger partial charge on any atom is 0.282 e. The largest absolute Gasteiger partial charge is 0.504 e. The molecule has 21 heavy (non-hydrogen) atoms. The minimum atomic E-state index is -3.88. The van der Waals surface area contributed by atoms with Crippen molar-refractivity contribution >= 4 is 15.8 Å². The van der Waals surface area contributed by atoms with Gasteiger partial charge in [-0.25, -0.2) is 9.97 Å². The molecule has 0 unspecified atom stereocenters. The number of rotatable bonds is 5. The first kappa shape index (κ1) is 15.3. The van der Waals surface area contributed by atoms with Crippen LogP contribution in [0.3, 0.4) is 0 Å². The molecule has 0 spiro atoms. The van der Waals surface area contributed by atoms with Gasteiger partial charge >= 0.3 is 0 Å². The number of aromatic hydroxyl groups is 1. The third-order valence-electron chi connectivity index (χ3n) is 2.94. The number of sulfonamides is 1. The topological polar surface area (TPSA) is 97.1 Å². The Kier molecular flexibility index (Phi) is 4.17. The average molecular weight is 310 g/mol. The summed E-state index contributed by atoms with van der Waals surface area (Å²) in [5.74, 6) is 0.297. The van der Waals surface area contributed by atoms with Crippen molar-refractivity contribution in [3.8, 4) is 5.75 Å². The molecule has 0 saturated carbocycles. The average Bonchev–Trinajstić information content (AvgIpc) is 2.77. The van der Waals surface area contributed by atoms with Gasteiger partial charge in [0.25, 0.3) is 10.0 Å². The number of nitrogens with zero attached hydrogens (tertiary/aromatic N) is 3. The van der Waals surface area contributed by atoms with Crippen LogP contribution < -0.4 is 4.72 Å². The Morgan fingerprint density at radius 3 is 2.67 bits per heavy atom. The molecule has 0 aliphatic carbocycles. The first-order chi connectivity index (χ1) is 9.83. The predicted octanol–water partition coefficient (Wildman–Crippen LogP) is 1.81. The fourth-order valence-electron chi connectivity index (χ4n) is 1.88. The van der Waals surface area contributed by atoms with Crippen molar-refractivity contribution in [3.63, 3.8) is 0 Å². The molecule has 8 heteroatoms. The lowest BCUT2D eigenvalue weighted by Crippen LogP contribution is -2.14. The first-order valence-corrected chi connectivity index (χ1v) is 8.05. The number of pyridine rings is 1. The van der Waals surface area contributed by atoms with Crippen LogP contribution in [0.4, 0.5) is 5.82 Å². The SMILES string of the molecule is CCCn1cc(S(=O)(=O)Nc2nc(C)ccc2O)nc1C. The zero-order valence-electron chi connectivity index (χ0n) is 12.2. The van der Waals surface area contributed by atoms with Gasteiger partial charge in [0.05, 0.1) is 0 Å². The monoisotopic (exact) mass is 310 g/mol. The van der Waals surface area contributed by atoms with Gasteiger partial charge in [-0.2, -0.15) is 8.42 Å². The van der Waals surface area contributed by atoms with Crippen LogP contribution >= 0.6 is 0 Å². The number of anilines is 1. The van der Waals surface area contributed by atoms with E-state index in [1.165, 1.54) is 12.3 Å². The molecule has 0 aliphatic rings. The molecule has 114 valence electrons. The van der Waals surface area contributed by atoms with E-state index in [1.807, 2.05) is 6.92 Å². The Balaban J connectivity index is 2.34. The lowest BCUT2D eigenvalue weighted by atomic mass is 10.3. The van der Waals surface area contributed by atoms with E-state index in [2.05, 4.69) is 14.7 Å². The molecule has 2 rings (SSSR count). The maximum atomic E-state index is 12.3. The van der Waals surface area contributed by atoms with Crippen LogP contribution in [0.1, 0.15) is 24.9 Å². The van der Waals surface area contributed by atoms with Crippen LogP contribution in [-0.2, 0) is 16.6 Å². The quantitative estimate of drug-likeness (QED) is 0.878. The molecule has 2 aromatic heterocycles. The van der Waals surface area contributed by atoms with Crippen LogP contribution in [0.25, 0.3) is 0 Å². The van der Waals surface area contributed by atoms with Gasteiger partial charge < -0.3 is 9.67 Å². The molecule has 0 amide bonds.